The van der Waals surface area contributed by atoms with E-state index in [-0.39, 0.29) is 24.0 Å². The number of phenols is 1. The molecule has 6 rings (SSSR count). The summed E-state index contributed by atoms with van der Waals surface area (Å²) in [6.07, 6.45) is 8.02. The van der Waals surface area contributed by atoms with Crippen LogP contribution in [0.25, 0.3) is 0 Å². The number of allylic oxidation sites excluding steroid dienone is 1. The number of aliphatic hydroxyl groups excluding tert-OH is 1. The Bertz CT molecular complexity index is 1260. The van der Waals surface area contributed by atoms with Crippen LogP contribution in [0.15, 0.2) is 47.5 Å². The quantitative estimate of drug-likeness (QED) is 0.388. The van der Waals surface area contributed by atoms with E-state index < -0.39 is 0 Å². The van der Waals surface area contributed by atoms with Gasteiger partial charge in [0.2, 0.25) is 5.91 Å². The van der Waals surface area contributed by atoms with E-state index in [1.807, 2.05) is 35.2 Å². The van der Waals surface area contributed by atoms with Crippen molar-refractivity contribution in [3.63, 3.8) is 0 Å². The first-order valence-electron chi connectivity index (χ1n) is 15.1. The molecule has 1 heterocycles. The maximum absolute atomic E-state index is 13.3. The molecule has 1 aliphatic heterocycles. The second kappa shape index (κ2) is 10.6. The third-order valence-electron chi connectivity index (χ3n) is 9.99. The third kappa shape index (κ3) is 5.35. The molecule has 5 heteroatoms. The molecule has 0 saturated heterocycles. The van der Waals surface area contributed by atoms with Crippen LogP contribution in [0.3, 0.4) is 0 Å². The molecule has 0 radical (unpaired) electrons. The van der Waals surface area contributed by atoms with Crippen molar-refractivity contribution >= 4 is 11.6 Å². The molecule has 39 heavy (non-hydrogen) atoms. The summed E-state index contributed by atoms with van der Waals surface area (Å²) < 4.78 is 6.75. The van der Waals surface area contributed by atoms with E-state index in [0.29, 0.717) is 36.5 Å². The number of phenolic OH excluding ortho intramolecular Hbond substituents is 1. The van der Waals surface area contributed by atoms with Crippen LogP contribution in [0, 0.1) is 17.8 Å². The lowest BCUT2D eigenvalue weighted by atomic mass is 9.86. The molecule has 3 aliphatic carbocycles. The van der Waals surface area contributed by atoms with Gasteiger partial charge in [-0.25, -0.2) is 0 Å². The molecule has 2 aromatic rings. The molecule has 2 N–H and O–H groups in total. The fraction of sp³-hybridized carbons (Fsp3) is 0.559. The Morgan fingerprint density at radius 1 is 0.974 bits per heavy atom. The monoisotopic (exact) mass is 529 g/mol. The van der Waals surface area contributed by atoms with Gasteiger partial charge in [-0.2, -0.15) is 0 Å². The minimum absolute atomic E-state index is 0.146. The molecule has 0 aromatic heterocycles. The third-order valence-corrected chi connectivity index (χ3v) is 9.99. The summed E-state index contributed by atoms with van der Waals surface area (Å²) in [5.41, 5.74) is 6.94. The summed E-state index contributed by atoms with van der Waals surface area (Å²) in [5.74, 6) is 2.93. The van der Waals surface area contributed by atoms with E-state index >= 15 is 0 Å². The molecule has 0 bridgehead atoms. The fourth-order valence-corrected chi connectivity index (χ4v) is 7.22. The van der Waals surface area contributed by atoms with Gasteiger partial charge in [0.15, 0.2) is 0 Å². The van der Waals surface area contributed by atoms with Crippen molar-refractivity contribution in [2.24, 2.45) is 17.8 Å². The van der Waals surface area contributed by atoms with Crippen molar-refractivity contribution in [1.82, 2.24) is 0 Å². The highest BCUT2D eigenvalue weighted by Crippen LogP contribution is 2.52. The maximum Gasteiger partial charge on any atom is 0.227 e. The molecule has 5 unspecified atom stereocenters. The van der Waals surface area contributed by atoms with Gasteiger partial charge in [0.05, 0.1) is 6.10 Å². The zero-order valence-corrected chi connectivity index (χ0v) is 23.7. The Morgan fingerprint density at radius 3 is 2.41 bits per heavy atom. The van der Waals surface area contributed by atoms with Gasteiger partial charge in [-0.05, 0) is 118 Å². The van der Waals surface area contributed by atoms with Crippen LogP contribution in [0.1, 0.15) is 101 Å². The Morgan fingerprint density at radius 2 is 1.74 bits per heavy atom. The van der Waals surface area contributed by atoms with E-state index in [1.165, 1.54) is 29.6 Å². The molecule has 2 aromatic carbocycles. The largest absolute Gasteiger partial charge is 0.508 e. The number of fused-ring (bicyclic) bond motifs is 1. The first-order valence-corrected chi connectivity index (χ1v) is 15.1. The Labute approximate surface area is 232 Å². The molecule has 5 atom stereocenters. The van der Waals surface area contributed by atoms with Crippen molar-refractivity contribution in [3.05, 3.63) is 64.2 Å². The number of carbonyl (C=O) groups excluding carboxylic acids is 1. The fourth-order valence-electron chi connectivity index (χ4n) is 7.22. The second-order valence-electron chi connectivity index (χ2n) is 12.7. The van der Waals surface area contributed by atoms with Crippen LogP contribution >= 0.6 is 0 Å². The number of rotatable bonds is 6. The number of aromatic hydroxyl groups is 1. The summed E-state index contributed by atoms with van der Waals surface area (Å²) in [6, 6.07) is 12.3. The molecule has 2 saturated carbocycles. The summed E-state index contributed by atoms with van der Waals surface area (Å²) in [4.78, 5) is 15.2. The SMILES string of the molecule is CCC1CC(=O)N(c2ccc(OC3c4cc(C5CC5)cc(O)c4CC3C3CCC(O)C3)cc2)CC(C)=C(C)C1. The van der Waals surface area contributed by atoms with Crippen molar-refractivity contribution in [3.8, 4) is 11.5 Å². The molecule has 5 nitrogen and oxygen atoms in total. The maximum atomic E-state index is 13.3. The zero-order chi connectivity index (χ0) is 27.3. The highest BCUT2D eigenvalue weighted by Gasteiger charge is 2.43. The summed E-state index contributed by atoms with van der Waals surface area (Å²) >= 11 is 0. The van der Waals surface area contributed by atoms with Gasteiger partial charge in [0, 0.05) is 30.1 Å². The van der Waals surface area contributed by atoms with Gasteiger partial charge < -0.3 is 19.8 Å². The molecular formula is C34H43NO4. The van der Waals surface area contributed by atoms with Crippen molar-refractivity contribution in [2.45, 2.75) is 96.7 Å². The van der Waals surface area contributed by atoms with E-state index in [9.17, 15) is 15.0 Å². The van der Waals surface area contributed by atoms with Crippen molar-refractivity contribution < 1.29 is 19.7 Å². The van der Waals surface area contributed by atoms with E-state index in [0.717, 1.165) is 61.1 Å². The van der Waals surface area contributed by atoms with Crippen LogP contribution < -0.4 is 9.64 Å². The predicted molar refractivity (Wildman–Crippen MR) is 154 cm³/mol. The topological polar surface area (TPSA) is 70.0 Å². The number of nitrogens with zero attached hydrogens (tertiary/aromatic N) is 1. The highest BCUT2D eigenvalue weighted by molar-refractivity contribution is 5.94. The molecule has 4 aliphatic rings. The molecule has 0 spiro atoms. The lowest BCUT2D eigenvalue weighted by molar-refractivity contribution is -0.119. The van der Waals surface area contributed by atoms with E-state index in [1.54, 1.807) is 0 Å². The van der Waals surface area contributed by atoms with Crippen LogP contribution in [-0.4, -0.2) is 28.8 Å². The van der Waals surface area contributed by atoms with E-state index in [4.69, 9.17) is 4.74 Å². The van der Waals surface area contributed by atoms with Crippen LogP contribution in [0.5, 0.6) is 11.5 Å². The van der Waals surface area contributed by atoms with Gasteiger partial charge >= 0.3 is 0 Å². The predicted octanol–water partition coefficient (Wildman–Crippen LogP) is 7.21. The zero-order valence-electron chi connectivity index (χ0n) is 23.7. The number of hydrogen-bond donors (Lipinski definition) is 2. The average molecular weight is 530 g/mol. The number of amides is 1. The van der Waals surface area contributed by atoms with Crippen LogP contribution in [0.4, 0.5) is 5.69 Å². The lowest BCUT2D eigenvalue weighted by Crippen LogP contribution is -2.35. The first-order chi connectivity index (χ1) is 18.8. The standard InChI is InChI=1S/C34H43NO4/c1-4-22-13-20(2)21(3)19-35(33(38)14-22)26-8-11-28(12-9-26)39-34-29(24-7-10-27(36)15-24)18-30-31(34)16-25(17-32(30)37)23-5-6-23/h8-9,11-12,16-17,22-24,27,29,34,36-37H,4-7,10,13-15,18-19H2,1-3H3. The number of carbonyl (C=O) groups is 1. The van der Waals surface area contributed by atoms with Crippen molar-refractivity contribution in [2.75, 3.05) is 11.4 Å². The number of anilines is 1. The summed E-state index contributed by atoms with van der Waals surface area (Å²) in [5, 5.41) is 21.3. The minimum Gasteiger partial charge on any atom is -0.508 e. The minimum atomic E-state index is -0.238. The number of benzene rings is 2. The molecular weight excluding hydrogens is 486 g/mol. The summed E-state index contributed by atoms with van der Waals surface area (Å²) in [7, 11) is 0. The van der Waals surface area contributed by atoms with Crippen LogP contribution in [-0.2, 0) is 11.2 Å². The lowest BCUT2D eigenvalue weighted by Gasteiger charge is -2.30. The Kier molecular flexibility index (Phi) is 7.22. The van der Waals surface area contributed by atoms with Crippen molar-refractivity contribution in [1.29, 1.82) is 0 Å². The van der Waals surface area contributed by atoms with Gasteiger partial charge in [-0.3, -0.25) is 4.79 Å². The second-order valence-corrected chi connectivity index (χ2v) is 12.7. The van der Waals surface area contributed by atoms with Gasteiger partial charge in [0.25, 0.3) is 0 Å². The van der Waals surface area contributed by atoms with Crippen LogP contribution in [0.2, 0.25) is 0 Å². The summed E-state index contributed by atoms with van der Waals surface area (Å²) in [6.45, 7) is 7.15. The number of aliphatic hydroxyl groups is 1. The van der Waals surface area contributed by atoms with E-state index in [2.05, 4.69) is 26.8 Å². The Hall–Kier alpha value is -2.79. The Balaban J connectivity index is 1.27. The number of hydrogen-bond acceptors (Lipinski definition) is 4. The first kappa shape index (κ1) is 26.4. The smallest absolute Gasteiger partial charge is 0.227 e. The molecule has 208 valence electrons. The molecule has 2 fully saturated rings. The van der Waals surface area contributed by atoms with Gasteiger partial charge in [-0.1, -0.05) is 30.6 Å². The van der Waals surface area contributed by atoms with Gasteiger partial charge in [0.1, 0.15) is 17.6 Å². The highest BCUT2D eigenvalue weighted by atomic mass is 16.5. The average Bonchev–Trinajstić information content (AvgIpc) is 3.59. The number of ether oxygens (including phenoxy) is 1. The normalized spacial score (nSPS) is 29.4. The van der Waals surface area contributed by atoms with Gasteiger partial charge in [-0.15, -0.1) is 0 Å². The molecule has 1 amide bonds.